The summed E-state index contributed by atoms with van der Waals surface area (Å²) in [6.07, 6.45) is 3.22. The smallest absolute Gasteiger partial charge is 0.193 e. The molecule has 3 rings (SSSR count). The van der Waals surface area contributed by atoms with Crippen molar-refractivity contribution in [3.05, 3.63) is 65.7 Å². The fourth-order valence-electron chi connectivity index (χ4n) is 3.44. The molecule has 0 bridgehead atoms. The molecule has 1 aliphatic heterocycles. The second kappa shape index (κ2) is 8.56. The molecule has 0 spiro atoms. The van der Waals surface area contributed by atoms with E-state index in [2.05, 4.69) is 45.5 Å². The van der Waals surface area contributed by atoms with Crippen molar-refractivity contribution in [1.29, 1.82) is 0 Å². The van der Waals surface area contributed by atoms with E-state index in [0.29, 0.717) is 11.7 Å². The van der Waals surface area contributed by atoms with E-state index in [-0.39, 0.29) is 0 Å². The molecule has 2 N–H and O–H groups in total. The molecule has 0 saturated carbocycles. The number of hydrogen-bond donors (Lipinski definition) is 2. The molecular formula is C21H27N3O. The number of nitrogens with zero attached hydrogens (tertiary/aromatic N) is 2. The highest BCUT2D eigenvalue weighted by Gasteiger charge is 2.25. The summed E-state index contributed by atoms with van der Waals surface area (Å²) in [5.41, 5.74) is 2.67. The first kappa shape index (κ1) is 17.3. The molecule has 4 nitrogen and oxygen atoms in total. The maximum atomic E-state index is 9.32. The zero-order valence-electron chi connectivity index (χ0n) is 14.9. The van der Waals surface area contributed by atoms with Crippen LogP contribution < -0.4 is 5.32 Å². The van der Waals surface area contributed by atoms with Crippen molar-refractivity contribution in [1.82, 2.24) is 10.2 Å². The third kappa shape index (κ3) is 4.75. The predicted molar refractivity (Wildman–Crippen MR) is 103 cm³/mol. The first-order valence-corrected chi connectivity index (χ1v) is 9.04. The fraction of sp³-hybridized carbons (Fsp3) is 0.381. The van der Waals surface area contributed by atoms with Gasteiger partial charge in [-0.05, 0) is 42.5 Å². The van der Waals surface area contributed by atoms with Gasteiger partial charge in [-0.1, -0.05) is 42.5 Å². The van der Waals surface area contributed by atoms with E-state index in [1.54, 1.807) is 12.1 Å². The topological polar surface area (TPSA) is 47.9 Å². The van der Waals surface area contributed by atoms with E-state index in [1.807, 2.05) is 19.2 Å². The normalized spacial score (nSPS) is 17.7. The molecular weight excluding hydrogens is 310 g/mol. The van der Waals surface area contributed by atoms with Gasteiger partial charge in [0.05, 0.1) is 0 Å². The molecule has 1 fully saturated rings. The summed E-state index contributed by atoms with van der Waals surface area (Å²) < 4.78 is 0. The van der Waals surface area contributed by atoms with Crippen molar-refractivity contribution in [2.45, 2.75) is 25.2 Å². The van der Waals surface area contributed by atoms with Crippen LogP contribution in [0.3, 0.4) is 0 Å². The number of likely N-dealkylation sites (tertiary alicyclic amines) is 1. The molecule has 2 aromatic rings. The summed E-state index contributed by atoms with van der Waals surface area (Å²) in [4.78, 5) is 6.81. The third-order valence-electron chi connectivity index (χ3n) is 4.83. The number of aromatic hydroxyl groups is 1. The average molecular weight is 337 g/mol. The van der Waals surface area contributed by atoms with Gasteiger partial charge in [-0.15, -0.1) is 0 Å². The Morgan fingerprint density at radius 1 is 1.16 bits per heavy atom. The SMILES string of the molecule is CN=C(NCCCc1ccc(O)cc1)N1CCC(c2ccccc2)C1. The van der Waals surface area contributed by atoms with Crippen molar-refractivity contribution in [2.24, 2.45) is 4.99 Å². The summed E-state index contributed by atoms with van der Waals surface area (Å²) in [5, 5.41) is 12.8. The van der Waals surface area contributed by atoms with E-state index in [0.717, 1.165) is 38.4 Å². The molecule has 132 valence electrons. The minimum Gasteiger partial charge on any atom is -0.508 e. The summed E-state index contributed by atoms with van der Waals surface area (Å²) >= 11 is 0. The number of phenolic OH excluding ortho intramolecular Hbond substituents is 1. The number of hydrogen-bond acceptors (Lipinski definition) is 2. The van der Waals surface area contributed by atoms with Gasteiger partial charge in [0.1, 0.15) is 5.75 Å². The number of benzene rings is 2. The number of rotatable bonds is 5. The van der Waals surface area contributed by atoms with Crippen molar-refractivity contribution in [2.75, 3.05) is 26.7 Å². The van der Waals surface area contributed by atoms with Crippen molar-refractivity contribution < 1.29 is 5.11 Å². The lowest BCUT2D eigenvalue weighted by Crippen LogP contribution is -2.40. The van der Waals surface area contributed by atoms with Gasteiger partial charge in [0.2, 0.25) is 0 Å². The van der Waals surface area contributed by atoms with Gasteiger partial charge >= 0.3 is 0 Å². The van der Waals surface area contributed by atoms with Crippen LogP contribution in [-0.4, -0.2) is 42.6 Å². The molecule has 1 atom stereocenters. The largest absolute Gasteiger partial charge is 0.508 e. The van der Waals surface area contributed by atoms with Gasteiger partial charge in [-0.2, -0.15) is 0 Å². The zero-order valence-corrected chi connectivity index (χ0v) is 14.9. The van der Waals surface area contributed by atoms with Gasteiger partial charge in [0.25, 0.3) is 0 Å². The molecule has 1 unspecified atom stereocenters. The van der Waals surface area contributed by atoms with E-state index in [1.165, 1.54) is 17.5 Å². The van der Waals surface area contributed by atoms with E-state index < -0.39 is 0 Å². The number of guanidine groups is 1. The van der Waals surface area contributed by atoms with Gasteiger partial charge < -0.3 is 15.3 Å². The lowest BCUT2D eigenvalue weighted by atomic mass is 9.99. The Bertz CT molecular complexity index is 682. The zero-order chi connectivity index (χ0) is 17.5. The van der Waals surface area contributed by atoms with Crippen molar-refractivity contribution in [3.8, 4) is 5.75 Å². The Hall–Kier alpha value is -2.49. The highest BCUT2D eigenvalue weighted by molar-refractivity contribution is 5.80. The number of aryl methyl sites for hydroxylation is 1. The monoisotopic (exact) mass is 337 g/mol. The van der Waals surface area contributed by atoms with Crippen molar-refractivity contribution in [3.63, 3.8) is 0 Å². The number of aliphatic imine (C=N–C) groups is 1. The van der Waals surface area contributed by atoms with Crippen LogP contribution in [0.15, 0.2) is 59.6 Å². The number of phenols is 1. The first-order chi connectivity index (χ1) is 12.3. The third-order valence-corrected chi connectivity index (χ3v) is 4.83. The standard InChI is InChI=1S/C21H27N3O/c1-22-21(23-14-5-6-17-9-11-20(25)12-10-17)24-15-13-19(16-24)18-7-3-2-4-8-18/h2-4,7-12,19,25H,5-6,13-16H2,1H3,(H,22,23). The molecule has 0 aliphatic carbocycles. The lowest BCUT2D eigenvalue weighted by Gasteiger charge is -2.22. The van der Waals surface area contributed by atoms with Crippen LogP contribution in [0.4, 0.5) is 0 Å². The highest BCUT2D eigenvalue weighted by atomic mass is 16.3. The van der Waals surface area contributed by atoms with Gasteiger partial charge in [0.15, 0.2) is 5.96 Å². The molecule has 2 aromatic carbocycles. The van der Waals surface area contributed by atoms with Crippen LogP contribution in [0, 0.1) is 0 Å². The van der Waals surface area contributed by atoms with E-state index in [9.17, 15) is 5.11 Å². The second-order valence-electron chi connectivity index (χ2n) is 6.59. The Balaban J connectivity index is 1.44. The molecule has 1 heterocycles. The predicted octanol–water partition coefficient (Wildman–Crippen LogP) is 3.39. The highest BCUT2D eigenvalue weighted by Crippen LogP contribution is 2.26. The fourth-order valence-corrected chi connectivity index (χ4v) is 3.44. The van der Waals surface area contributed by atoms with Gasteiger partial charge in [0, 0.05) is 32.6 Å². The van der Waals surface area contributed by atoms with Crippen LogP contribution in [0.1, 0.15) is 29.9 Å². The molecule has 25 heavy (non-hydrogen) atoms. The summed E-state index contributed by atoms with van der Waals surface area (Å²) in [7, 11) is 1.86. The lowest BCUT2D eigenvalue weighted by molar-refractivity contribution is 0.475. The van der Waals surface area contributed by atoms with Crippen LogP contribution in [-0.2, 0) is 6.42 Å². The Kier molecular flexibility index (Phi) is 5.94. The Morgan fingerprint density at radius 2 is 1.92 bits per heavy atom. The first-order valence-electron chi connectivity index (χ1n) is 9.04. The van der Waals surface area contributed by atoms with E-state index in [4.69, 9.17) is 0 Å². The molecule has 0 aromatic heterocycles. The molecule has 1 aliphatic rings. The van der Waals surface area contributed by atoms with Crippen LogP contribution in [0.25, 0.3) is 0 Å². The van der Waals surface area contributed by atoms with Gasteiger partial charge in [-0.3, -0.25) is 4.99 Å². The summed E-state index contributed by atoms with van der Waals surface area (Å²) in [6, 6.07) is 18.2. The minimum atomic E-state index is 0.323. The summed E-state index contributed by atoms with van der Waals surface area (Å²) in [5.74, 6) is 1.92. The van der Waals surface area contributed by atoms with Crippen LogP contribution in [0.2, 0.25) is 0 Å². The van der Waals surface area contributed by atoms with Crippen LogP contribution >= 0.6 is 0 Å². The molecule has 0 radical (unpaired) electrons. The maximum Gasteiger partial charge on any atom is 0.193 e. The molecule has 4 heteroatoms. The average Bonchev–Trinajstić information content (AvgIpc) is 3.14. The van der Waals surface area contributed by atoms with Crippen molar-refractivity contribution >= 4 is 5.96 Å². The Labute approximate surface area is 150 Å². The summed E-state index contributed by atoms with van der Waals surface area (Å²) in [6.45, 7) is 2.99. The molecule has 1 saturated heterocycles. The number of nitrogens with one attached hydrogen (secondary N) is 1. The minimum absolute atomic E-state index is 0.323. The van der Waals surface area contributed by atoms with Crippen LogP contribution in [0.5, 0.6) is 5.75 Å². The molecule has 0 amide bonds. The Morgan fingerprint density at radius 3 is 2.64 bits per heavy atom. The quantitative estimate of drug-likeness (QED) is 0.499. The maximum absolute atomic E-state index is 9.32. The second-order valence-corrected chi connectivity index (χ2v) is 6.59. The van der Waals surface area contributed by atoms with Gasteiger partial charge in [-0.25, -0.2) is 0 Å². The van der Waals surface area contributed by atoms with E-state index >= 15 is 0 Å².